The lowest BCUT2D eigenvalue weighted by molar-refractivity contribution is -0.132. The maximum absolute atomic E-state index is 12.4. The summed E-state index contributed by atoms with van der Waals surface area (Å²) in [5.74, 6) is 0.0609. The molecule has 2 amide bonds. The minimum Gasteiger partial charge on any atom is -0.375 e. The Morgan fingerprint density at radius 2 is 1.88 bits per heavy atom. The molecule has 0 radical (unpaired) electrons. The third-order valence-electron chi connectivity index (χ3n) is 5.03. The minimum atomic E-state index is -0.345. The Bertz CT molecular complexity index is 626. The van der Waals surface area contributed by atoms with Gasteiger partial charge in [-0.05, 0) is 31.7 Å². The first-order valence-corrected chi connectivity index (χ1v) is 9.24. The number of carbonyl (C=O) groups excluding carboxylic acids is 2. The quantitative estimate of drug-likeness (QED) is 0.809. The first-order valence-electron chi connectivity index (χ1n) is 9.24. The van der Waals surface area contributed by atoms with Crippen LogP contribution in [0.4, 0.5) is 5.69 Å². The Morgan fingerprint density at radius 3 is 2.54 bits per heavy atom. The number of rotatable bonds is 4. The lowest BCUT2D eigenvalue weighted by Gasteiger charge is -2.32. The highest BCUT2D eigenvalue weighted by Crippen LogP contribution is 2.13. The molecule has 2 aliphatic heterocycles. The summed E-state index contributed by atoms with van der Waals surface area (Å²) in [5, 5.41) is 6.08. The number of likely N-dealkylation sites (N-methyl/N-ethyl adjacent to an activating group) is 1. The molecule has 0 saturated carbocycles. The molecule has 2 fully saturated rings. The molecule has 1 aromatic rings. The molecule has 0 aromatic heterocycles. The first kappa shape index (κ1) is 18.8. The number of ether oxygens (including phenoxy) is 1. The number of carbonyl (C=O) groups is 2. The summed E-state index contributed by atoms with van der Waals surface area (Å²) < 4.78 is 5.51. The van der Waals surface area contributed by atoms with Gasteiger partial charge in [0.1, 0.15) is 6.04 Å². The molecule has 2 atom stereocenters. The van der Waals surface area contributed by atoms with Crippen molar-refractivity contribution in [2.24, 2.45) is 0 Å². The van der Waals surface area contributed by atoms with E-state index < -0.39 is 0 Å². The van der Waals surface area contributed by atoms with Crippen LogP contribution in [0, 0.1) is 0 Å². The van der Waals surface area contributed by atoms with Crippen LogP contribution in [-0.4, -0.2) is 80.1 Å². The maximum atomic E-state index is 12.4. The van der Waals surface area contributed by atoms with Crippen molar-refractivity contribution in [2.75, 3.05) is 51.7 Å². The number of amides is 2. The summed E-state index contributed by atoms with van der Waals surface area (Å²) in [5.41, 5.74) is 1.68. The SMILES string of the molecule is C[C@H]1OCCN[C@@H]1C(=O)Nc1ccc(CC(=O)N2CCN(C)CC2)cc1. The monoisotopic (exact) mass is 360 g/mol. The Kier molecular flexibility index (Phi) is 6.24. The van der Waals surface area contributed by atoms with E-state index in [-0.39, 0.29) is 24.0 Å². The average Bonchev–Trinajstić information content (AvgIpc) is 2.64. The van der Waals surface area contributed by atoms with Crippen molar-refractivity contribution in [3.63, 3.8) is 0 Å². The fourth-order valence-electron chi connectivity index (χ4n) is 3.30. The molecule has 2 aliphatic rings. The second-order valence-electron chi connectivity index (χ2n) is 7.05. The number of piperazine rings is 1. The molecular formula is C19H28N4O3. The van der Waals surface area contributed by atoms with Crippen LogP contribution in [0.5, 0.6) is 0 Å². The summed E-state index contributed by atoms with van der Waals surface area (Å²) in [6.07, 6.45) is 0.247. The molecule has 0 unspecified atom stereocenters. The van der Waals surface area contributed by atoms with Gasteiger partial charge in [-0.15, -0.1) is 0 Å². The number of hydrogen-bond donors (Lipinski definition) is 2. The predicted octanol–water partition coefficient (Wildman–Crippen LogP) is 0.319. The van der Waals surface area contributed by atoms with Gasteiger partial charge in [0.05, 0.1) is 19.1 Å². The number of anilines is 1. The number of nitrogens with one attached hydrogen (secondary N) is 2. The highest BCUT2D eigenvalue weighted by Gasteiger charge is 2.28. The topological polar surface area (TPSA) is 73.9 Å². The molecule has 7 nitrogen and oxygen atoms in total. The Labute approximate surface area is 154 Å². The first-order chi connectivity index (χ1) is 12.5. The Morgan fingerprint density at radius 1 is 1.19 bits per heavy atom. The normalized spacial score (nSPS) is 24.3. The van der Waals surface area contributed by atoms with Gasteiger partial charge in [0, 0.05) is 38.4 Å². The third kappa shape index (κ3) is 4.81. The fraction of sp³-hybridized carbons (Fsp3) is 0.579. The molecule has 0 aliphatic carbocycles. The molecule has 3 rings (SSSR count). The lowest BCUT2D eigenvalue weighted by atomic mass is 10.1. The van der Waals surface area contributed by atoms with Crippen LogP contribution in [0.15, 0.2) is 24.3 Å². The van der Waals surface area contributed by atoms with Crippen LogP contribution >= 0.6 is 0 Å². The predicted molar refractivity (Wildman–Crippen MR) is 100 cm³/mol. The summed E-state index contributed by atoms with van der Waals surface area (Å²) in [6, 6.07) is 7.15. The Hall–Kier alpha value is -1.96. The van der Waals surface area contributed by atoms with Gasteiger partial charge in [0.2, 0.25) is 11.8 Å². The van der Waals surface area contributed by atoms with Gasteiger partial charge in [0.25, 0.3) is 0 Å². The van der Waals surface area contributed by atoms with Crippen LogP contribution in [0.1, 0.15) is 12.5 Å². The second-order valence-corrected chi connectivity index (χ2v) is 7.05. The van der Waals surface area contributed by atoms with Crippen molar-refractivity contribution in [1.82, 2.24) is 15.1 Å². The van der Waals surface area contributed by atoms with Gasteiger partial charge in [-0.1, -0.05) is 12.1 Å². The van der Waals surface area contributed by atoms with Gasteiger partial charge >= 0.3 is 0 Å². The molecule has 2 heterocycles. The van der Waals surface area contributed by atoms with E-state index in [0.29, 0.717) is 19.6 Å². The molecule has 0 bridgehead atoms. The summed E-state index contributed by atoms with van der Waals surface area (Å²) in [4.78, 5) is 28.9. The molecule has 1 aromatic carbocycles. The van der Waals surface area contributed by atoms with Crippen LogP contribution in [0.3, 0.4) is 0 Å². The van der Waals surface area contributed by atoms with Crippen molar-refractivity contribution < 1.29 is 14.3 Å². The van der Waals surface area contributed by atoms with Gasteiger partial charge < -0.3 is 25.2 Å². The van der Waals surface area contributed by atoms with Gasteiger partial charge in [-0.25, -0.2) is 0 Å². The van der Waals surface area contributed by atoms with Crippen LogP contribution in [0.2, 0.25) is 0 Å². The highest BCUT2D eigenvalue weighted by molar-refractivity contribution is 5.95. The van der Waals surface area contributed by atoms with Crippen molar-refractivity contribution in [3.05, 3.63) is 29.8 Å². The van der Waals surface area contributed by atoms with E-state index in [1.807, 2.05) is 36.1 Å². The van der Waals surface area contributed by atoms with E-state index in [2.05, 4.69) is 22.6 Å². The largest absolute Gasteiger partial charge is 0.375 e. The molecule has 142 valence electrons. The van der Waals surface area contributed by atoms with Crippen molar-refractivity contribution >= 4 is 17.5 Å². The number of hydrogen-bond acceptors (Lipinski definition) is 5. The zero-order valence-corrected chi connectivity index (χ0v) is 15.5. The molecule has 2 N–H and O–H groups in total. The molecule has 26 heavy (non-hydrogen) atoms. The van der Waals surface area contributed by atoms with E-state index in [4.69, 9.17) is 4.74 Å². The smallest absolute Gasteiger partial charge is 0.244 e. The molecule has 2 saturated heterocycles. The summed E-state index contributed by atoms with van der Waals surface area (Å²) in [7, 11) is 2.07. The van der Waals surface area contributed by atoms with Crippen molar-refractivity contribution in [3.8, 4) is 0 Å². The minimum absolute atomic E-state index is 0.0986. The maximum Gasteiger partial charge on any atom is 0.244 e. The molecule has 7 heteroatoms. The van der Waals surface area contributed by atoms with Crippen molar-refractivity contribution in [1.29, 1.82) is 0 Å². The molecule has 0 spiro atoms. The van der Waals surface area contributed by atoms with Gasteiger partial charge in [0.15, 0.2) is 0 Å². The number of morpholine rings is 1. The average molecular weight is 360 g/mol. The zero-order chi connectivity index (χ0) is 18.5. The fourth-order valence-corrected chi connectivity index (χ4v) is 3.30. The van der Waals surface area contributed by atoms with E-state index in [1.54, 1.807) is 0 Å². The van der Waals surface area contributed by atoms with Gasteiger partial charge in [-0.3, -0.25) is 9.59 Å². The van der Waals surface area contributed by atoms with Crippen LogP contribution in [0.25, 0.3) is 0 Å². The standard InChI is InChI=1S/C19H28N4O3/c1-14-18(20-7-12-26-14)19(25)21-16-5-3-15(4-6-16)13-17(24)23-10-8-22(2)9-11-23/h3-6,14,18,20H,7-13H2,1-2H3,(H,21,25)/t14-,18+/m1/s1. The van der Waals surface area contributed by atoms with E-state index in [1.165, 1.54) is 0 Å². The lowest BCUT2D eigenvalue weighted by Crippen LogP contribution is -2.53. The number of benzene rings is 1. The van der Waals surface area contributed by atoms with E-state index >= 15 is 0 Å². The summed E-state index contributed by atoms with van der Waals surface area (Å²) >= 11 is 0. The highest BCUT2D eigenvalue weighted by atomic mass is 16.5. The third-order valence-corrected chi connectivity index (χ3v) is 5.03. The van der Waals surface area contributed by atoms with Crippen LogP contribution < -0.4 is 10.6 Å². The second kappa shape index (κ2) is 8.62. The van der Waals surface area contributed by atoms with Crippen LogP contribution in [-0.2, 0) is 20.7 Å². The molecular weight excluding hydrogens is 332 g/mol. The van der Waals surface area contributed by atoms with E-state index in [0.717, 1.165) is 37.4 Å². The Balaban J connectivity index is 1.51. The van der Waals surface area contributed by atoms with Crippen molar-refractivity contribution in [2.45, 2.75) is 25.5 Å². The number of nitrogens with zero attached hydrogens (tertiary/aromatic N) is 2. The van der Waals surface area contributed by atoms with Gasteiger partial charge in [-0.2, -0.15) is 0 Å². The van der Waals surface area contributed by atoms with E-state index in [9.17, 15) is 9.59 Å². The summed E-state index contributed by atoms with van der Waals surface area (Å²) in [6.45, 7) is 6.62. The zero-order valence-electron chi connectivity index (χ0n) is 15.5.